The molecule has 2 N–H and O–H groups in total. The molecule has 1 aromatic heterocycles. The predicted molar refractivity (Wildman–Crippen MR) is 93.0 cm³/mol. The number of benzene rings is 1. The van der Waals surface area contributed by atoms with Gasteiger partial charge in [0.2, 0.25) is 0 Å². The second-order valence-corrected chi connectivity index (χ2v) is 7.09. The van der Waals surface area contributed by atoms with Gasteiger partial charge in [-0.05, 0) is 43.2 Å². The van der Waals surface area contributed by atoms with Crippen LogP contribution in [0.2, 0.25) is 0 Å². The van der Waals surface area contributed by atoms with Gasteiger partial charge in [-0.3, -0.25) is 4.79 Å². The molecule has 0 bridgehead atoms. The van der Waals surface area contributed by atoms with Gasteiger partial charge < -0.3 is 10.3 Å². The topological polar surface area (TPSA) is 74.8 Å². The zero-order chi connectivity index (χ0) is 17.2. The van der Waals surface area contributed by atoms with Crippen LogP contribution in [0, 0.1) is 5.92 Å². The molecule has 2 aromatic rings. The minimum atomic E-state index is -0.466. The minimum absolute atomic E-state index is 0.194. The molecule has 0 radical (unpaired) electrons. The SMILES string of the molecule is CC(C)Cc1cc(C(=O)NC2(Cc3ccccc3)CC2)nc(=O)[nH]1. The van der Waals surface area contributed by atoms with Crippen LogP contribution in [0.3, 0.4) is 0 Å². The molecule has 1 aromatic carbocycles. The molecule has 0 saturated heterocycles. The maximum atomic E-state index is 12.6. The summed E-state index contributed by atoms with van der Waals surface area (Å²) in [6.07, 6.45) is 3.43. The number of hydrogen-bond donors (Lipinski definition) is 2. The van der Waals surface area contributed by atoms with Crippen molar-refractivity contribution in [1.29, 1.82) is 0 Å². The van der Waals surface area contributed by atoms with Crippen LogP contribution < -0.4 is 11.0 Å². The molecule has 5 heteroatoms. The molecule has 0 spiro atoms. The summed E-state index contributed by atoms with van der Waals surface area (Å²) in [7, 11) is 0. The Balaban J connectivity index is 1.73. The highest BCUT2D eigenvalue weighted by atomic mass is 16.2. The van der Waals surface area contributed by atoms with Crippen molar-refractivity contribution in [1.82, 2.24) is 15.3 Å². The second-order valence-electron chi connectivity index (χ2n) is 7.09. The summed E-state index contributed by atoms with van der Waals surface area (Å²) in [5.41, 5.74) is 1.50. The van der Waals surface area contributed by atoms with Gasteiger partial charge in [-0.1, -0.05) is 44.2 Å². The van der Waals surface area contributed by atoms with Crippen LogP contribution in [0.25, 0.3) is 0 Å². The molecule has 1 aliphatic carbocycles. The number of amides is 1. The summed E-state index contributed by atoms with van der Waals surface area (Å²) < 4.78 is 0. The zero-order valence-electron chi connectivity index (χ0n) is 14.1. The first-order valence-corrected chi connectivity index (χ1v) is 8.42. The van der Waals surface area contributed by atoms with E-state index >= 15 is 0 Å². The van der Waals surface area contributed by atoms with Gasteiger partial charge in [0, 0.05) is 11.2 Å². The highest BCUT2D eigenvalue weighted by Gasteiger charge is 2.44. The van der Waals surface area contributed by atoms with Gasteiger partial charge in [-0.15, -0.1) is 0 Å². The van der Waals surface area contributed by atoms with E-state index in [1.165, 1.54) is 5.56 Å². The Labute approximate surface area is 141 Å². The van der Waals surface area contributed by atoms with Crippen LogP contribution in [-0.4, -0.2) is 21.4 Å². The first-order valence-electron chi connectivity index (χ1n) is 8.42. The third kappa shape index (κ3) is 4.10. The van der Waals surface area contributed by atoms with E-state index in [2.05, 4.69) is 41.3 Å². The van der Waals surface area contributed by atoms with Crippen molar-refractivity contribution in [2.75, 3.05) is 0 Å². The van der Waals surface area contributed by atoms with Gasteiger partial charge >= 0.3 is 5.69 Å². The standard InChI is InChI=1S/C19H23N3O2/c1-13(2)10-15-11-16(21-18(24)20-15)17(23)22-19(8-9-19)12-14-6-4-3-5-7-14/h3-7,11,13H,8-10,12H2,1-2H3,(H,22,23)(H,20,21,24). The van der Waals surface area contributed by atoms with Crippen LogP contribution in [-0.2, 0) is 12.8 Å². The molecule has 126 valence electrons. The number of aromatic nitrogens is 2. The van der Waals surface area contributed by atoms with E-state index in [0.29, 0.717) is 12.3 Å². The number of nitrogens with one attached hydrogen (secondary N) is 2. The fraction of sp³-hybridized carbons (Fsp3) is 0.421. The molecule has 0 atom stereocenters. The third-order valence-corrected chi connectivity index (χ3v) is 4.28. The monoisotopic (exact) mass is 325 g/mol. The summed E-state index contributed by atoms with van der Waals surface area (Å²) in [5, 5.41) is 3.09. The van der Waals surface area contributed by atoms with Gasteiger partial charge in [-0.25, -0.2) is 4.79 Å². The van der Waals surface area contributed by atoms with E-state index in [1.54, 1.807) is 6.07 Å². The van der Waals surface area contributed by atoms with Crippen molar-refractivity contribution in [2.45, 2.75) is 45.1 Å². The van der Waals surface area contributed by atoms with Crippen molar-refractivity contribution < 1.29 is 4.79 Å². The fourth-order valence-corrected chi connectivity index (χ4v) is 2.96. The van der Waals surface area contributed by atoms with Crippen LogP contribution >= 0.6 is 0 Å². The largest absolute Gasteiger partial charge is 0.345 e. The van der Waals surface area contributed by atoms with Crippen LogP contribution in [0.1, 0.15) is 48.4 Å². The van der Waals surface area contributed by atoms with Crippen LogP contribution in [0.15, 0.2) is 41.2 Å². The van der Waals surface area contributed by atoms with Gasteiger partial charge in [0.15, 0.2) is 0 Å². The van der Waals surface area contributed by atoms with Crippen LogP contribution in [0.4, 0.5) is 0 Å². The molecule has 1 heterocycles. The Bertz CT molecular complexity index is 777. The molecular formula is C19H23N3O2. The zero-order valence-corrected chi connectivity index (χ0v) is 14.1. The third-order valence-electron chi connectivity index (χ3n) is 4.28. The number of carbonyl (C=O) groups is 1. The van der Waals surface area contributed by atoms with Crippen molar-refractivity contribution in [3.8, 4) is 0 Å². The Morgan fingerprint density at radius 3 is 2.62 bits per heavy atom. The molecule has 24 heavy (non-hydrogen) atoms. The lowest BCUT2D eigenvalue weighted by molar-refractivity contribution is 0.0925. The normalized spacial score (nSPS) is 15.3. The molecule has 3 rings (SSSR count). The van der Waals surface area contributed by atoms with E-state index in [-0.39, 0.29) is 17.1 Å². The second kappa shape index (κ2) is 6.59. The predicted octanol–water partition coefficient (Wildman–Crippen LogP) is 2.47. The van der Waals surface area contributed by atoms with E-state index in [0.717, 1.165) is 25.0 Å². The quantitative estimate of drug-likeness (QED) is 0.857. The van der Waals surface area contributed by atoms with Gasteiger partial charge in [-0.2, -0.15) is 4.98 Å². The lowest BCUT2D eigenvalue weighted by Gasteiger charge is -2.17. The summed E-state index contributed by atoms with van der Waals surface area (Å²) in [5.74, 6) is 0.131. The van der Waals surface area contributed by atoms with Crippen molar-refractivity contribution in [2.24, 2.45) is 5.92 Å². The number of nitrogens with zero attached hydrogens (tertiary/aromatic N) is 1. The lowest BCUT2D eigenvalue weighted by Crippen LogP contribution is -2.39. The van der Waals surface area contributed by atoms with Gasteiger partial charge in [0.05, 0.1) is 0 Å². The van der Waals surface area contributed by atoms with Crippen LogP contribution in [0.5, 0.6) is 0 Å². The highest BCUT2D eigenvalue weighted by Crippen LogP contribution is 2.38. The first kappa shape index (κ1) is 16.4. The molecule has 1 amide bonds. The lowest BCUT2D eigenvalue weighted by atomic mass is 10.0. The Hall–Kier alpha value is -2.43. The Morgan fingerprint density at radius 1 is 1.29 bits per heavy atom. The average Bonchev–Trinajstić information content (AvgIpc) is 3.26. The molecule has 0 unspecified atom stereocenters. The maximum absolute atomic E-state index is 12.6. The summed E-state index contributed by atoms with van der Waals surface area (Å²) in [6.45, 7) is 4.13. The first-order chi connectivity index (χ1) is 11.5. The van der Waals surface area contributed by atoms with Crippen molar-refractivity contribution in [3.63, 3.8) is 0 Å². The van der Waals surface area contributed by atoms with E-state index < -0.39 is 5.69 Å². The van der Waals surface area contributed by atoms with E-state index in [1.807, 2.05) is 18.2 Å². The summed E-state index contributed by atoms with van der Waals surface area (Å²) in [4.78, 5) is 30.8. The smallest absolute Gasteiger partial charge is 0.345 e. The maximum Gasteiger partial charge on any atom is 0.345 e. The Kier molecular flexibility index (Phi) is 4.51. The van der Waals surface area contributed by atoms with Crippen molar-refractivity contribution >= 4 is 5.91 Å². The average molecular weight is 325 g/mol. The molecule has 5 nitrogen and oxygen atoms in total. The summed E-state index contributed by atoms with van der Waals surface area (Å²) in [6, 6.07) is 11.8. The van der Waals surface area contributed by atoms with E-state index in [4.69, 9.17) is 0 Å². The fourth-order valence-electron chi connectivity index (χ4n) is 2.96. The minimum Gasteiger partial charge on any atom is -0.345 e. The van der Waals surface area contributed by atoms with Crippen molar-refractivity contribution in [3.05, 3.63) is 63.8 Å². The molecule has 1 fully saturated rings. The summed E-state index contributed by atoms with van der Waals surface area (Å²) >= 11 is 0. The van der Waals surface area contributed by atoms with E-state index in [9.17, 15) is 9.59 Å². The Morgan fingerprint density at radius 2 is 2.00 bits per heavy atom. The highest BCUT2D eigenvalue weighted by molar-refractivity contribution is 5.93. The number of H-pyrrole nitrogens is 1. The molecule has 1 saturated carbocycles. The van der Waals surface area contributed by atoms with Gasteiger partial charge in [0.25, 0.3) is 5.91 Å². The number of aromatic amines is 1. The number of carbonyl (C=O) groups excluding carboxylic acids is 1. The molecule has 0 aliphatic heterocycles. The molecule has 1 aliphatic rings. The number of rotatable bonds is 6. The molecular weight excluding hydrogens is 302 g/mol. The number of hydrogen-bond acceptors (Lipinski definition) is 3. The van der Waals surface area contributed by atoms with Gasteiger partial charge in [0.1, 0.15) is 5.69 Å².